The highest BCUT2D eigenvalue weighted by atomic mass is 19.1. The molecule has 3 N–H and O–H groups in total. The number of carbonyl (C=O) groups excluding carboxylic acids is 1. The molecule has 0 amide bonds. The van der Waals surface area contributed by atoms with Gasteiger partial charge in [0, 0.05) is 16.3 Å². The summed E-state index contributed by atoms with van der Waals surface area (Å²) in [5, 5.41) is 1.34. The predicted octanol–water partition coefficient (Wildman–Crippen LogP) is 3.19. The van der Waals surface area contributed by atoms with Crippen molar-refractivity contribution in [3.8, 4) is 0 Å². The van der Waals surface area contributed by atoms with Crippen molar-refractivity contribution in [3.63, 3.8) is 0 Å². The Kier molecular flexibility index (Phi) is 3.53. The van der Waals surface area contributed by atoms with Crippen LogP contribution in [0.1, 0.15) is 16.3 Å². The van der Waals surface area contributed by atoms with Gasteiger partial charge in [0.25, 0.3) is 0 Å². The first-order valence-electron chi connectivity index (χ1n) is 7.57. The Morgan fingerprint density at radius 3 is 2.88 bits per heavy atom. The number of halogens is 1. The summed E-state index contributed by atoms with van der Waals surface area (Å²) in [5.74, 6) is -0.303. The van der Waals surface area contributed by atoms with E-state index in [0.717, 1.165) is 5.39 Å². The molecule has 124 valence electrons. The van der Waals surface area contributed by atoms with Crippen LogP contribution in [0.15, 0.2) is 48.5 Å². The molecule has 2 aromatic heterocycles. The second kappa shape index (κ2) is 5.86. The number of aromatic amines is 1. The topological polar surface area (TPSA) is 93.9 Å². The Morgan fingerprint density at radius 1 is 1.16 bits per heavy atom. The van der Waals surface area contributed by atoms with E-state index in [0.29, 0.717) is 28.1 Å². The molecule has 0 bridgehead atoms. The number of fused-ring (bicyclic) bond motifs is 2. The number of esters is 1. The van der Waals surface area contributed by atoms with E-state index in [2.05, 4.69) is 15.0 Å². The maximum atomic E-state index is 13.2. The normalized spacial score (nSPS) is 11.1. The largest absolute Gasteiger partial charge is 0.453 e. The first-order valence-corrected chi connectivity index (χ1v) is 7.57. The summed E-state index contributed by atoms with van der Waals surface area (Å²) in [6, 6.07) is 13.1. The highest BCUT2D eigenvalue weighted by molar-refractivity contribution is 5.94. The highest BCUT2D eigenvalue weighted by Crippen LogP contribution is 2.19. The van der Waals surface area contributed by atoms with Crippen molar-refractivity contribution in [3.05, 3.63) is 65.9 Å². The van der Waals surface area contributed by atoms with Crippen molar-refractivity contribution in [2.75, 3.05) is 5.73 Å². The Hall–Kier alpha value is -3.48. The molecule has 7 heteroatoms. The van der Waals surface area contributed by atoms with Gasteiger partial charge < -0.3 is 15.5 Å². The fourth-order valence-corrected chi connectivity index (χ4v) is 2.64. The first-order chi connectivity index (χ1) is 12.1. The van der Waals surface area contributed by atoms with Crippen molar-refractivity contribution in [1.29, 1.82) is 0 Å². The number of carbonyl (C=O) groups is 1. The third-order valence-electron chi connectivity index (χ3n) is 3.81. The van der Waals surface area contributed by atoms with Gasteiger partial charge in [0.05, 0.1) is 5.52 Å². The third kappa shape index (κ3) is 2.87. The molecule has 4 aromatic rings. The van der Waals surface area contributed by atoms with Crippen LogP contribution >= 0.6 is 0 Å². The number of rotatable bonds is 3. The molecular weight excluding hydrogens is 323 g/mol. The Morgan fingerprint density at radius 2 is 2.00 bits per heavy atom. The summed E-state index contributed by atoms with van der Waals surface area (Å²) in [6.45, 7) is -0.113. The molecule has 25 heavy (non-hydrogen) atoms. The number of para-hydroxylation sites is 1. The lowest BCUT2D eigenvalue weighted by atomic mass is 10.2. The van der Waals surface area contributed by atoms with Gasteiger partial charge in [-0.1, -0.05) is 12.1 Å². The van der Waals surface area contributed by atoms with Crippen LogP contribution in [-0.2, 0) is 11.3 Å². The lowest BCUT2D eigenvalue weighted by molar-refractivity contribution is 0.0457. The lowest BCUT2D eigenvalue weighted by Crippen LogP contribution is -2.09. The Labute approximate surface area is 141 Å². The standard InChI is InChI=1S/C18H13FN4O2/c19-11-5-6-13-10(7-11)8-15(21-13)18(24)25-9-16-22-14-4-2-1-3-12(14)17(20)23-16/h1-8,21H,9H2,(H2,20,22,23). The van der Waals surface area contributed by atoms with Gasteiger partial charge >= 0.3 is 5.97 Å². The second-order valence-electron chi connectivity index (χ2n) is 5.53. The van der Waals surface area contributed by atoms with E-state index >= 15 is 0 Å². The van der Waals surface area contributed by atoms with Crippen LogP contribution in [0.5, 0.6) is 0 Å². The minimum absolute atomic E-state index is 0.113. The molecule has 0 spiro atoms. The summed E-state index contributed by atoms with van der Waals surface area (Å²) in [5.41, 5.74) is 7.47. The average Bonchev–Trinajstić information content (AvgIpc) is 3.03. The number of anilines is 1. The molecule has 4 rings (SSSR count). The number of hydrogen-bond donors (Lipinski definition) is 2. The smallest absolute Gasteiger partial charge is 0.355 e. The molecule has 0 radical (unpaired) electrons. The number of hydrogen-bond acceptors (Lipinski definition) is 5. The van der Waals surface area contributed by atoms with E-state index in [9.17, 15) is 9.18 Å². The maximum absolute atomic E-state index is 13.2. The SMILES string of the molecule is Nc1nc(COC(=O)c2cc3cc(F)ccc3[nH]2)nc2ccccc12. The number of benzene rings is 2. The summed E-state index contributed by atoms with van der Waals surface area (Å²) >= 11 is 0. The van der Waals surface area contributed by atoms with Crippen LogP contribution in [0.4, 0.5) is 10.2 Å². The highest BCUT2D eigenvalue weighted by Gasteiger charge is 2.13. The molecule has 2 aromatic carbocycles. The molecule has 0 saturated heterocycles. The van der Waals surface area contributed by atoms with E-state index in [1.165, 1.54) is 18.2 Å². The van der Waals surface area contributed by atoms with E-state index < -0.39 is 5.97 Å². The zero-order chi connectivity index (χ0) is 17.4. The molecule has 0 unspecified atom stereocenters. The zero-order valence-corrected chi connectivity index (χ0v) is 13.0. The van der Waals surface area contributed by atoms with Gasteiger partial charge in [-0.05, 0) is 36.4 Å². The van der Waals surface area contributed by atoms with Crippen LogP contribution in [0, 0.1) is 5.82 Å². The summed E-state index contributed by atoms with van der Waals surface area (Å²) < 4.78 is 18.5. The van der Waals surface area contributed by atoms with E-state index in [-0.39, 0.29) is 18.1 Å². The van der Waals surface area contributed by atoms with Crippen LogP contribution in [0.3, 0.4) is 0 Å². The van der Waals surface area contributed by atoms with Gasteiger partial charge in [0.1, 0.15) is 17.3 Å². The third-order valence-corrected chi connectivity index (χ3v) is 3.81. The van der Waals surface area contributed by atoms with Crippen LogP contribution in [-0.4, -0.2) is 20.9 Å². The number of H-pyrrole nitrogens is 1. The van der Waals surface area contributed by atoms with Crippen molar-refractivity contribution in [2.24, 2.45) is 0 Å². The van der Waals surface area contributed by atoms with Crippen molar-refractivity contribution >= 4 is 33.6 Å². The van der Waals surface area contributed by atoms with Gasteiger partial charge in [0.2, 0.25) is 0 Å². The molecular formula is C18H13FN4O2. The van der Waals surface area contributed by atoms with Gasteiger partial charge in [0.15, 0.2) is 12.4 Å². The van der Waals surface area contributed by atoms with E-state index in [1.54, 1.807) is 6.07 Å². The van der Waals surface area contributed by atoms with E-state index in [4.69, 9.17) is 10.5 Å². The first kappa shape index (κ1) is 15.1. The summed E-state index contributed by atoms with van der Waals surface area (Å²) in [7, 11) is 0. The fourth-order valence-electron chi connectivity index (χ4n) is 2.64. The molecule has 2 heterocycles. The van der Waals surface area contributed by atoms with Crippen LogP contribution < -0.4 is 5.73 Å². The van der Waals surface area contributed by atoms with Crippen molar-refractivity contribution < 1.29 is 13.9 Å². The number of nitrogens with two attached hydrogens (primary N) is 1. The Bertz CT molecular complexity index is 1110. The van der Waals surface area contributed by atoms with Gasteiger partial charge in [-0.3, -0.25) is 0 Å². The number of nitrogen functional groups attached to an aromatic ring is 1. The Balaban J connectivity index is 1.54. The molecule has 0 atom stereocenters. The maximum Gasteiger partial charge on any atom is 0.355 e. The number of aromatic nitrogens is 3. The quantitative estimate of drug-likeness (QED) is 0.560. The molecule has 0 aliphatic carbocycles. The molecule has 0 aliphatic rings. The number of nitrogens with zero attached hydrogens (tertiary/aromatic N) is 2. The average molecular weight is 336 g/mol. The van der Waals surface area contributed by atoms with Gasteiger partial charge in [-0.15, -0.1) is 0 Å². The minimum Gasteiger partial charge on any atom is -0.453 e. The van der Waals surface area contributed by atoms with E-state index in [1.807, 2.05) is 24.3 Å². The lowest BCUT2D eigenvalue weighted by Gasteiger charge is -2.06. The van der Waals surface area contributed by atoms with Crippen LogP contribution in [0.25, 0.3) is 21.8 Å². The van der Waals surface area contributed by atoms with Gasteiger partial charge in [-0.25, -0.2) is 19.2 Å². The summed E-state index contributed by atoms with van der Waals surface area (Å²) in [6.07, 6.45) is 0. The molecule has 6 nitrogen and oxygen atoms in total. The predicted molar refractivity (Wildman–Crippen MR) is 91.3 cm³/mol. The second-order valence-corrected chi connectivity index (χ2v) is 5.53. The molecule has 0 saturated carbocycles. The van der Waals surface area contributed by atoms with Crippen LogP contribution in [0.2, 0.25) is 0 Å². The summed E-state index contributed by atoms with van der Waals surface area (Å²) in [4.78, 5) is 23.6. The minimum atomic E-state index is -0.577. The fraction of sp³-hybridized carbons (Fsp3) is 0.0556. The number of nitrogens with one attached hydrogen (secondary N) is 1. The van der Waals surface area contributed by atoms with Gasteiger partial charge in [-0.2, -0.15) is 0 Å². The molecule has 0 aliphatic heterocycles. The zero-order valence-electron chi connectivity index (χ0n) is 13.0. The van der Waals surface area contributed by atoms with Crippen molar-refractivity contribution in [1.82, 2.24) is 15.0 Å². The number of ether oxygens (including phenoxy) is 1. The molecule has 0 fully saturated rings. The monoisotopic (exact) mass is 336 g/mol. The van der Waals surface area contributed by atoms with Crippen molar-refractivity contribution in [2.45, 2.75) is 6.61 Å².